The number of unbranched alkanes of at least 4 members (excludes halogenated alkanes) is 12. The lowest BCUT2D eigenvalue weighted by molar-refractivity contribution is -0.156. The topological polar surface area (TPSA) is 61.8 Å². The van der Waals surface area contributed by atoms with Gasteiger partial charge in [0.2, 0.25) is 0 Å². The molecule has 0 aromatic carbocycles. The first-order chi connectivity index (χ1) is 14.1. The molecule has 0 aromatic heterocycles. The van der Waals surface area contributed by atoms with Crippen molar-refractivity contribution in [1.82, 2.24) is 0 Å². The van der Waals surface area contributed by atoms with E-state index in [-0.39, 0.29) is 13.2 Å². The van der Waals surface area contributed by atoms with Gasteiger partial charge in [-0.25, -0.2) is 9.59 Å². The Labute approximate surface area is 179 Å². The molecule has 29 heavy (non-hydrogen) atoms. The molecule has 0 aliphatic rings. The molecular weight excluding hydrogens is 368 g/mol. The van der Waals surface area contributed by atoms with E-state index in [9.17, 15) is 9.59 Å². The molecule has 0 fully saturated rings. The SMILES string of the molecule is CCCCCCCCCCCCCCCOC(=O)COCC(=O)OCC(C)CC. The Bertz CT molecular complexity index is 383. The van der Waals surface area contributed by atoms with Gasteiger partial charge in [0.15, 0.2) is 0 Å². The van der Waals surface area contributed by atoms with Crippen molar-refractivity contribution in [1.29, 1.82) is 0 Å². The van der Waals surface area contributed by atoms with Crippen molar-refractivity contribution in [3.8, 4) is 0 Å². The summed E-state index contributed by atoms with van der Waals surface area (Å²) >= 11 is 0. The second-order valence-electron chi connectivity index (χ2n) is 8.15. The van der Waals surface area contributed by atoms with Crippen LogP contribution >= 0.6 is 0 Å². The fourth-order valence-corrected chi connectivity index (χ4v) is 2.96. The largest absolute Gasteiger partial charge is 0.464 e. The first-order valence-corrected chi connectivity index (χ1v) is 12.0. The van der Waals surface area contributed by atoms with Crippen LogP contribution in [0.25, 0.3) is 0 Å². The maximum atomic E-state index is 11.6. The average molecular weight is 415 g/mol. The summed E-state index contributed by atoms with van der Waals surface area (Å²) in [6.07, 6.45) is 17.7. The van der Waals surface area contributed by atoms with Gasteiger partial charge >= 0.3 is 11.9 Å². The molecule has 1 unspecified atom stereocenters. The third kappa shape index (κ3) is 21.4. The lowest BCUT2D eigenvalue weighted by Crippen LogP contribution is -2.20. The van der Waals surface area contributed by atoms with Gasteiger partial charge in [0.25, 0.3) is 0 Å². The molecule has 0 aliphatic heterocycles. The number of esters is 2. The number of hydrogen-bond donors (Lipinski definition) is 0. The van der Waals surface area contributed by atoms with Gasteiger partial charge < -0.3 is 14.2 Å². The van der Waals surface area contributed by atoms with Gasteiger partial charge in [-0.1, -0.05) is 104 Å². The van der Waals surface area contributed by atoms with Crippen LogP contribution in [0.5, 0.6) is 0 Å². The van der Waals surface area contributed by atoms with E-state index < -0.39 is 11.9 Å². The number of ether oxygens (including phenoxy) is 3. The maximum Gasteiger partial charge on any atom is 0.332 e. The first-order valence-electron chi connectivity index (χ1n) is 12.0. The highest BCUT2D eigenvalue weighted by molar-refractivity contribution is 5.73. The molecule has 0 saturated carbocycles. The predicted octanol–water partition coefficient (Wildman–Crippen LogP) is 6.23. The molecule has 172 valence electrons. The Morgan fingerprint density at radius 2 is 1.10 bits per heavy atom. The van der Waals surface area contributed by atoms with Gasteiger partial charge in [0.1, 0.15) is 13.2 Å². The molecule has 0 N–H and O–H groups in total. The molecule has 0 bridgehead atoms. The molecule has 0 aliphatic carbocycles. The van der Waals surface area contributed by atoms with Crippen LogP contribution < -0.4 is 0 Å². The molecule has 0 heterocycles. The summed E-state index contributed by atoms with van der Waals surface area (Å²) in [6.45, 7) is 6.74. The third-order valence-corrected chi connectivity index (χ3v) is 5.18. The normalized spacial score (nSPS) is 12.0. The van der Waals surface area contributed by atoms with E-state index in [0.29, 0.717) is 19.1 Å². The van der Waals surface area contributed by atoms with Crippen molar-refractivity contribution in [3.05, 3.63) is 0 Å². The lowest BCUT2D eigenvalue weighted by Gasteiger charge is -2.09. The monoisotopic (exact) mass is 414 g/mol. The summed E-state index contributed by atoms with van der Waals surface area (Å²) in [5, 5.41) is 0. The Morgan fingerprint density at radius 1 is 0.655 bits per heavy atom. The molecule has 0 aromatic rings. The molecular formula is C24H46O5. The molecule has 5 heteroatoms. The highest BCUT2D eigenvalue weighted by atomic mass is 16.6. The highest BCUT2D eigenvalue weighted by Gasteiger charge is 2.09. The Hall–Kier alpha value is -1.10. The second-order valence-corrected chi connectivity index (χ2v) is 8.15. The van der Waals surface area contributed by atoms with E-state index >= 15 is 0 Å². The van der Waals surface area contributed by atoms with Gasteiger partial charge in [-0.05, 0) is 12.3 Å². The van der Waals surface area contributed by atoms with Gasteiger partial charge in [-0.2, -0.15) is 0 Å². The van der Waals surface area contributed by atoms with Crippen LogP contribution in [0.15, 0.2) is 0 Å². The maximum absolute atomic E-state index is 11.6. The summed E-state index contributed by atoms with van der Waals surface area (Å²) in [5.41, 5.74) is 0. The van der Waals surface area contributed by atoms with Crippen molar-refractivity contribution in [2.75, 3.05) is 26.4 Å². The van der Waals surface area contributed by atoms with Crippen molar-refractivity contribution in [3.63, 3.8) is 0 Å². The van der Waals surface area contributed by atoms with E-state index in [1.165, 1.54) is 70.6 Å². The zero-order valence-corrected chi connectivity index (χ0v) is 19.3. The molecule has 5 nitrogen and oxygen atoms in total. The zero-order valence-electron chi connectivity index (χ0n) is 19.3. The minimum atomic E-state index is -0.436. The quantitative estimate of drug-likeness (QED) is 0.165. The van der Waals surface area contributed by atoms with E-state index in [1.54, 1.807) is 0 Å². The van der Waals surface area contributed by atoms with Gasteiger partial charge in [-0.3, -0.25) is 0 Å². The van der Waals surface area contributed by atoms with E-state index in [1.807, 2.05) is 13.8 Å². The number of hydrogen-bond acceptors (Lipinski definition) is 5. The van der Waals surface area contributed by atoms with Crippen molar-refractivity contribution < 1.29 is 23.8 Å². The van der Waals surface area contributed by atoms with E-state index in [4.69, 9.17) is 14.2 Å². The third-order valence-electron chi connectivity index (χ3n) is 5.18. The van der Waals surface area contributed by atoms with Gasteiger partial charge in [-0.15, -0.1) is 0 Å². The average Bonchev–Trinajstić information content (AvgIpc) is 2.72. The van der Waals surface area contributed by atoms with Crippen molar-refractivity contribution in [2.45, 2.75) is 111 Å². The van der Waals surface area contributed by atoms with Crippen LogP contribution in [-0.4, -0.2) is 38.4 Å². The standard InChI is InChI=1S/C24H46O5/c1-4-6-7-8-9-10-11-12-13-14-15-16-17-18-28-23(25)20-27-21-24(26)29-19-22(3)5-2/h22H,4-21H2,1-3H3. The summed E-state index contributed by atoms with van der Waals surface area (Å²) in [7, 11) is 0. The van der Waals surface area contributed by atoms with E-state index in [2.05, 4.69) is 6.92 Å². The molecule has 0 radical (unpaired) electrons. The van der Waals surface area contributed by atoms with Crippen LogP contribution in [0.4, 0.5) is 0 Å². The summed E-state index contributed by atoms with van der Waals surface area (Å²) in [5.74, 6) is -0.516. The fourth-order valence-electron chi connectivity index (χ4n) is 2.96. The minimum Gasteiger partial charge on any atom is -0.464 e. The van der Waals surface area contributed by atoms with Gasteiger partial charge in [0, 0.05) is 0 Å². The van der Waals surface area contributed by atoms with Gasteiger partial charge in [0.05, 0.1) is 13.2 Å². The lowest BCUT2D eigenvalue weighted by atomic mass is 10.0. The minimum absolute atomic E-state index is 0.198. The summed E-state index contributed by atoms with van der Waals surface area (Å²) in [6, 6.07) is 0. The number of carbonyl (C=O) groups is 2. The van der Waals surface area contributed by atoms with E-state index in [0.717, 1.165) is 19.3 Å². The Balaban J connectivity index is 3.28. The molecule has 0 spiro atoms. The smallest absolute Gasteiger partial charge is 0.332 e. The van der Waals surface area contributed by atoms with Crippen LogP contribution in [0.2, 0.25) is 0 Å². The van der Waals surface area contributed by atoms with Crippen LogP contribution in [0.3, 0.4) is 0 Å². The van der Waals surface area contributed by atoms with Crippen molar-refractivity contribution >= 4 is 11.9 Å². The van der Waals surface area contributed by atoms with Crippen LogP contribution in [0, 0.1) is 5.92 Å². The summed E-state index contributed by atoms with van der Waals surface area (Å²) in [4.78, 5) is 23.0. The highest BCUT2D eigenvalue weighted by Crippen LogP contribution is 2.12. The molecule has 0 amide bonds. The number of rotatable bonds is 21. The number of carbonyl (C=O) groups excluding carboxylic acids is 2. The molecule has 0 rings (SSSR count). The molecule has 1 atom stereocenters. The summed E-state index contributed by atoms with van der Waals surface area (Å²) < 4.78 is 15.2. The second kappa shape index (κ2) is 21.6. The zero-order chi connectivity index (χ0) is 21.6. The van der Waals surface area contributed by atoms with Crippen LogP contribution in [0.1, 0.15) is 111 Å². The fraction of sp³-hybridized carbons (Fsp3) is 0.917. The predicted molar refractivity (Wildman–Crippen MR) is 118 cm³/mol. The molecule has 0 saturated heterocycles. The Morgan fingerprint density at radius 3 is 1.59 bits per heavy atom. The first kappa shape index (κ1) is 27.9. The Kier molecular flexibility index (Phi) is 20.8. The van der Waals surface area contributed by atoms with Crippen LogP contribution in [-0.2, 0) is 23.8 Å². The van der Waals surface area contributed by atoms with Crippen molar-refractivity contribution in [2.24, 2.45) is 5.92 Å².